The van der Waals surface area contributed by atoms with Crippen LogP contribution in [0.2, 0.25) is 0 Å². The quantitative estimate of drug-likeness (QED) is 0.370. The number of rotatable bonds is 2. The van der Waals surface area contributed by atoms with Crippen LogP contribution in [0.4, 0.5) is 0 Å². The molecule has 0 fully saturated rings. The Bertz CT molecular complexity index is 334. The van der Waals surface area contributed by atoms with E-state index in [1.807, 2.05) is 0 Å². The third kappa shape index (κ3) is 2.03. The molecule has 0 bridgehead atoms. The molecule has 0 saturated carbocycles. The first-order chi connectivity index (χ1) is 6.69. The van der Waals surface area contributed by atoms with E-state index >= 15 is 0 Å². The summed E-state index contributed by atoms with van der Waals surface area (Å²) in [6, 6.07) is 4.00. The molecule has 1 rings (SSSR count). The average molecular weight is 197 g/mol. The summed E-state index contributed by atoms with van der Waals surface area (Å²) in [4.78, 5) is 25.3. The van der Waals surface area contributed by atoms with Gasteiger partial charge in [0.2, 0.25) is 0 Å². The van der Waals surface area contributed by atoms with Crippen LogP contribution in [0, 0.1) is 0 Å². The van der Waals surface area contributed by atoms with Crippen molar-refractivity contribution in [2.24, 2.45) is 0 Å². The normalized spacial score (nSPS) is 9.29. The summed E-state index contributed by atoms with van der Waals surface area (Å²) < 4.78 is 0. The lowest BCUT2D eigenvalue weighted by Gasteiger charge is -2.00. The van der Waals surface area contributed by atoms with Crippen molar-refractivity contribution in [2.75, 3.05) is 0 Å². The standard InChI is InChI=1S/C7H7N3O4/c11-6(9-13)4-2-1-3-5(8-4)7(12)10-14/h1-3,13-14H,(H,9,11)(H,10,12). The molecule has 1 aromatic heterocycles. The van der Waals surface area contributed by atoms with E-state index in [4.69, 9.17) is 10.4 Å². The summed E-state index contributed by atoms with van der Waals surface area (Å²) in [5.74, 6) is -1.67. The van der Waals surface area contributed by atoms with Gasteiger partial charge in [0.15, 0.2) is 0 Å². The van der Waals surface area contributed by atoms with Crippen molar-refractivity contribution in [3.8, 4) is 0 Å². The SMILES string of the molecule is O=C(NO)c1cccc(C(=O)NO)n1. The van der Waals surface area contributed by atoms with Gasteiger partial charge in [-0.1, -0.05) is 6.07 Å². The molecule has 4 N–H and O–H groups in total. The van der Waals surface area contributed by atoms with Crippen molar-refractivity contribution < 1.29 is 20.0 Å². The van der Waals surface area contributed by atoms with Crippen molar-refractivity contribution in [1.82, 2.24) is 15.9 Å². The Kier molecular flexibility index (Phi) is 3.10. The maximum Gasteiger partial charge on any atom is 0.293 e. The van der Waals surface area contributed by atoms with Gasteiger partial charge >= 0.3 is 0 Å². The summed E-state index contributed by atoms with van der Waals surface area (Å²) in [5, 5.41) is 16.6. The molecular formula is C7H7N3O4. The predicted octanol–water partition coefficient (Wildman–Crippen LogP) is -0.680. The Labute approximate surface area is 78.3 Å². The molecule has 7 nitrogen and oxygen atoms in total. The fraction of sp³-hybridized carbons (Fsp3) is 0. The first kappa shape index (κ1) is 10.1. The summed E-state index contributed by atoms with van der Waals surface area (Å²) in [6.45, 7) is 0. The molecule has 0 aliphatic carbocycles. The predicted molar refractivity (Wildman–Crippen MR) is 42.7 cm³/mol. The van der Waals surface area contributed by atoms with Crippen LogP contribution in [0.3, 0.4) is 0 Å². The van der Waals surface area contributed by atoms with Gasteiger partial charge in [-0.15, -0.1) is 0 Å². The monoisotopic (exact) mass is 197 g/mol. The number of nitrogens with one attached hydrogen (secondary N) is 2. The second-order valence-corrected chi connectivity index (χ2v) is 2.29. The Hall–Kier alpha value is -1.99. The molecule has 14 heavy (non-hydrogen) atoms. The number of carbonyl (C=O) groups excluding carboxylic acids is 2. The summed E-state index contributed by atoms with van der Waals surface area (Å²) in [5.41, 5.74) is 2.48. The highest BCUT2D eigenvalue weighted by atomic mass is 16.5. The van der Waals surface area contributed by atoms with Gasteiger partial charge < -0.3 is 0 Å². The van der Waals surface area contributed by atoms with E-state index in [-0.39, 0.29) is 11.4 Å². The second-order valence-electron chi connectivity index (χ2n) is 2.29. The van der Waals surface area contributed by atoms with Crippen molar-refractivity contribution in [2.45, 2.75) is 0 Å². The molecule has 0 atom stereocenters. The summed E-state index contributed by atoms with van der Waals surface area (Å²) >= 11 is 0. The lowest BCUT2D eigenvalue weighted by molar-refractivity contribution is 0.0691. The van der Waals surface area contributed by atoms with Crippen molar-refractivity contribution in [3.05, 3.63) is 29.6 Å². The minimum atomic E-state index is -0.836. The number of amides is 2. The number of hydrogen-bond donors (Lipinski definition) is 4. The van der Waals surface area contributed by atoms with Crippen LogP contribution < -0.4 is 11.0 Å². The first-order valence-electron chi connectivity index (χ1n) is 3.55. The van der Waals surface area contributed by atoms with Gasteiger partial charge in [0.05, 0.1) is 0 Å². The van der Waals surface area contributed by atoms with Crippen molar-refractivity contribution in [3.63, 3.8) is 0 Å². The van der Waals surface area contributed by atoms with Crippen LogP contribution in [-0.2, 0) is 0 Å². The molecular weight excluding hydrogens is 190 g/mol. The molecule has 0 spiro atoms. The zero-order valence-corrected chi connectivity index (χ0v) is 6.89. The van der Waals surface area contributed by atoms with Crippen molar-refractivity contribution >= 4 is 11.8 Å². The minimum Gasteiger partial charge on any atom is -0.288 e. The summed E-state index contributed by atoms with van der Waals surface area (Å²) in [6.07, 6.45) is 0. The molecule has 0 aliphatic rings. The van der Waals surface area contributed by atoms with E-state index < -0.39 is 11.8 Å². The van der Waals surface area contributed by atoms with Crippen LogP contribution in [0.15, 0.2) is 18.2 Å². The molecule has 0 radical (unpaired) electrons. The Balaban J connectivity index is 3.01. The van der Waals surface area contributed by atoms with E-state index in [1.54, 1.807) is 0 Å². The molecule has 74 valence electrons. The van der Waals surface area contributed by atoms with Gasteiger partial charge in [0, 0.05) is 0 Å². The Morgan fingerprint density at radius 3 is 1.86 bits per heavy atom. The van der Waals surface area contributed by atoms with Gasteiger partial charge in [-0.25, -0.2) is 15.9 Å². The zero-order chi connectivity index (χ0) is 10.6. The van der Waals surface area contributed by atoms with Gasteiger partial charge in [-0.3, -0.25) is 20.0 Å². The number of hydroxylamine groups is 2. The van der Waals surface area contributed by atoms with Gasteiger partial charge in [0.1, 0.15) is 11.4 Å². The van der Waals surface area contributed by atoms with Crippen LogP contribution >= 0.6 is 0 Å². The second kappa shape index (κ2) is 4.30. The number of pyridine rings is 1. The number of aromatic nitrogens is 1. The third-order valence-electron chi connectivity index (χ3n) is 1.42. The Morgan fingerprint density at radius 2 is 1.50 bits per heavy atom. The maximum atomic E-state index is 10.9. The van der Waals surface area contributed by atoms with Crippen LogP contribution in [-0.4, -0.2) is 27.2 Å². The first-order valence-corrected chi connectivity index (χ1v) is 3.55. The molecule has 0 aromatic carbocycles. The number of hydrogen-bond acceptors (Lipinski definition) is 5. The van der Waals surface area contributed by atoms with Gasteiger partial charge in [-0.2, -0.15) is 0 Å². The van der Waals surface area contributed by atoms with Crippen LogP contribution in [0.5, 0.6) is 0 Å². The Morgan fingerprint density at radius 1 is 1.07 bits per heavy atom. The highest BCUT2D eigenvalue weighted by molar-refractivity contribution is 5.95. The third-order valence-corrected chi connectivity index (χ3v) is 1.42. The molecule has 1 aromatic rings. The van der Waals surface area contributed by atoms with Crippen LogP contribution in [0.25, 0.3) is 0 Å². The van der Waals surface area contributed by atoms with Gasteiger partial charge in [0.25, 0.3) is 11.8 Å². The molecule has 0 aliphatic heterocycles. The smallest absolute Gasteiger partial charge is 0.288 e. The molecule has 0 unspecified atom stereocenters. The molecule has 1 heterocycles. The van der Waals surface area contributed by atoms with E-state index in [0.717, 1.165) is 0 Å². The fourth-order valence-electron chi connectivity index (χ4n) is 0.802. The van der Waals surface area contributed by atoms with Gasteiger partial charge in [-0.05, 0) is 12.1 Å². The highest BCUT2D eigenvalue weighted by Crippen LogP contribution is 1.98. The topological polar surface area (TPSA) is 112 Å². The zero-order valence-electron chi connectivity index (χ0n) is 6.89. The number of nitrogens with zero attached hydrogens (tertiary/aromatic N) is 1. The lowest BCUT2D eigenvalue weighted by atomic mass is 10.3. The number of carbonyl (C=O) groups is 2. The van der Waals surface area contributed by atoms with E-state index in [1.165, 1.54) is 29.2 Å². The van der Waals surface area contributed by atoms with Crippen molar-refractivity contribution in [1.29, 1.82) is 0 Å². The van der Waals surface area contributed by atoms with E-state index in [9.17, 15) is 9.59 Å². The molecule has 0 saturated heterocycles. The average Bonchev–Trinajstić information content (AvgIpc) is 2.27. The largest absolute Gasteiger partial charge is 0.293 e. The highest BCUT2D eigenvalue weighted by Gasteiger charge is 2.10. The van der Waals surface area contributed by atoms with E-state index in [2.05, 4.69) is 4.98 Å². The van der Waals surface area contributed by atoms with Crippen LogP contribution in [0.1, 0.15) is 21.0 Å². The van der Waals surface area contributed by atoms with E-state index in [0.29, 0.717) is 0 Å². The lowest BCUT2D eigenvalue weighted by Crippen LogP contribution is -2.24. The fourth-order valence-corrected chi connectivity index (χ4v) is 0.802. The molecule has 2 amide bonds. The summed E-state index contributed by atoms with van der Waals surface area (Å²) in [7, 11) is 0. The maximum absolute atomic E-state index is 10.9. The molecule has 7 heteroatoms. The minimum absolute atomic E-state index is 0.131.